The van der Waals surface area contributed by atoms with Crippen molar-refractivity contribution in [3.8, 4) is 0 Å². The molecule has 14 heteroatoms. The van der Waals surface area contributed by atoms with Crippen molar-refractivity contribution in [2.75, 3.05) is 47.5 Å². The smallest absolute Gasteiger partial charge is 0.462 e. The second-order valence-corrected chi connectivity index (χ2v) is 17.7. The number of quaternary nitrogens is 1. The Labute approximate surface area is 338 Å². The molecule has 0 radical (unpaired) electrons. The highest BCUT2D eigenvalue weighted by atomic mass is 31.2. The molecule has 1 fully saturated rings. The molecule has 1 aliphatic rings. The maximum absolute atomic E-state index is 12.7. The van der Waals surface area contributed by atoms with Gasteiger partial charge >= 0.3 is 19.8 Å². The van der Waals surface area contributed by atoms with Crippen LogP contribution < -0.4 is 0 Å². The summed E-state index contributed by atoms with van der Waals surface area (Å²) in [5.41, 5.74) is 0. The van der Waals surface area contributed by atoms with Crippen LogP contribution in [0, 0.1) is 5.92 Å². The van der Waals surface area contributed by atoms with Crippen LogP contribution in [0.15, 0.2) is 24.3 Å². The Morgan fingerprint density at radius 1 is 0.821 bits per heavy atom. The van der Waals surface area contributed by atoms with Gasteiger partial charge < -0.3 is 38.9 Å². The van der Waals surface area contributed by atoms with Gasteiger partial charge in [0.1, 0.15) is 19.8 Å². The zero-order valence-corrected chi connectivity index (χ0v) is 36.3. The topological polar surface area (TPSA) is 178 Å². The van der Waals surface area contributed by atoms with Crippen LogP contribution in [0.25, 0.3) is 0 Å². The molecule has 1 rings (SSSR count). The number of nitrogens with zero attached hydrogens (tertiary/aromatic N) is 1. The van der Waals surface area contributed by atoms with Crippen molar-refractivity contribution in [1.82, 2.24) is 0 Å². The standard InChI is InChI=1S/C42H78NO12P/c1-6-8-10-11-12-13-14-15-16-17-23-27-41(47)54-36(34-53-56(49,50)52-31-30-43(3,4)5)33-51-40(46)26-22-19-18-21-25-37-38(45)32-42(48)55-39(37)29-28-35(44)24-20-9-7-2/h18,21,28-29,35-39,42,44-45,48H,6-17,19-20,22-27,30-34H2,1-5H3/p+1/b21-18-,29-28+/t35-,36+,37-,38-,39+,42?/m0/s1. The van der Waals surface area contributed by atoms with Crippen LogP contribution in [0.2, 0.25) is 0 Å². The van der Waals surface area contributed by atoms with Gasteiger partial charge in [-0.25, -0.2) is 4.57 Å². The molecule has 0 bridgehead atoms. The van der Waals surface area contributed by atoms with Crippen molar-refractivity contribution in [2.45, 2.75) is 179 Å². The van der Waals surface area contributed by atoms with Crippen molar-refractivity contribution in [2.24, 2.45) is 5.92 Å². The summed E-state index contributed by atoms with van der Waals surface area (Å²) in [6.45, 7) is 3.98. The first-order valence-electron chi connectivity index (χ1n) is 21.5. The van der Waals surface area contributed by atoms with Crippen molar-refractivity contribution < 1.29 is 62.1 Å². The van der Waals surface area contributed by atoms with Crippen LogP contribution in [-0.2, 0) is 37.4 Å². The highest BCUT2D eigenvalue weighted by Crippen LogP contribution is 2.43. The number of phosphoric acid groups is 1. The van der Waals surface area contributed by atoms with Crippen molar-refractivity contribution in [3.63, 3.8) is 0 Å². The molecule has 0 aromatic heterocycles. The third kappa shape index (κ3) is 28.7. The van der Waals surface area contributed by atoms with Crippen molar-refractivity contribution >= 4 is 19.8 Å². The zero-order valence-electron chi connectivity index (χ0n) is 35.4. The summed E-state index contributed by atoms with van der Waals surface area (Å²) in [6, 6.07) is 0. The lowest BCUT2D eigenvalue weighted by Gasteiger charge is -2.36. The van der Waals surface area contributed by atoms with E-state index in [0.29, 0.717) is 43.1 Å². The number of phosphoric ester groups is 1. The van der Waals surface area contributed by atoms with Gasteiger partial charge in [0.05, 0.1) is 46.1 Å². The third-order valence-electron chi connectivity index (χ3n) is 9.78. The van der Waals surface area contributed by atoms with Gasteiger partial charge in [0.25, 0.3) is 0 Å². The van der Waals surface area contributed by atoms with Gasteiger partial charge in [-0.15, -0.1) is 0 Å². The molecule has 0 aromatic carbocycles. The summed E-state index contributed by atoms with van der Waals surface area (Å²) in [5, 5.41) is 30.9. The lowest BCUT2D eigenvalue weighted by atomic mass is 9.87. The van der Waals surface area contributed by atoms with E-state index in [1.807, 2.05) is 33.3 Å². The third-order valence-corrected chi connectivity index (χ3v) is 10.8. The summed E-state index contributed by atoms with van der Waals surface area (Å²) < 4.78 is 39.8. The Balaban J connectivity index is 2.56. The van der Waals surface area contributed by atoms with E-state index in [2.05, 4.69) is 13.8 Å². The van der Waals surface area contributed by atoms with Crippen molar-refractivity contribution in [3.05, 3.63) is 24.3 Å². The number of unbranched alkanes of at least 4 members (excludes halogenated alkanes) is 13. The molecule has 1 aliphatic heterocycles. The van der Waals surface area contributed by atoms with E-state index in [9.17, 15) is 34.4 Å². The van der Waals surface area contributed by atoms with Crippen LogP contribution >= 0.6 is 7.82 Å². The van der Waals surface area contributed by atoms with Crippen LogP contribution in [0.5, 0.6) is 0 Å². The second-order valence-electron chi connectivity index (χ2n) is 16.3. The SMILES string of the molecule is CCCCCCCCCCCCCC(=O)O[C@H](COC(=O)CCC/C=C\C[C@H]1[C@@H](O)CC(O)O[C@@H]1/C=C/[C@@H](O)CCCCC)COP(=O)(O)OCC[N+](C)(C)C. The summed E-state index contributed by atoms with van der Waals surface area (Å²) >= 11 is 0. The maximum Gasteiger partial charge on any atom is 0.472 e. The molecule has 56 heavy (non-hydrogen) atoms. The molecule has 1 saturated heterocycles. The number of aliphatic hydroxyl groups is 3. The number of esters is 2. The lowest BCUT2D eigenvalue weighted by molar-refractivity contribution is -0.870. The highest BCUT2D eigenvalue weighted by molar-refractivity contribution is 7.47. The van der Waals surface area contributed by atoms with Gasteiger partial charge in [-0.05, 0) is 32.1 Å². The largest absolute Gasteiger partial charge is 0.472 e. The minimum atomic E-state index is -4.44. The van der Waals surface area contributed by atoms with E-state index < -0.39 is 57.1 Å². The van der Waals surface area contributed by atoms with E-state index in [1.165, 1.54) is 44.9 Å². The summed E-state index contributed by atoms with van der Waals surface area (Å²) in [4.78, 5) is 35.5. The molecule has 328 valence electrons. The van der Waals surface area contributed by atoms with Crippen LogP contribution in [-0.4, -0.2) is 115 Å². The Bertz CT molecular complexity index is 1130. The summed E-state index contributed by atoms with van der Waals surface area (Å²) in [7, 11) is 1.33. The average molecular weight is 821 g/mol. The van der Waals surface area contributed by atoms with E-state index >= 15 is 0 Å². The first kappa shape index (κ1) is 52.3. The van der Waals surface area contributed by atoms with Crippen LogP contribution in [0.1, 0.15) is 149 Å². The number of rotatable bonds is 34. The van der Waals surface area contributed by atoms with E-state index in [-0.39, 0.29) is 38.4 Å². The number of hydrogen-bond acceptors (Lipinski definition) is 11. The second kappa shape index (κ2) is 31.3. The Kier molecular flexibility index (Phi) is 29.2. The monoisotopic (exact) mass is 821 g/mol. The molecular weight excluding hydrogens is 741 g/mol. The Morgan fingerprint density at radius 3 is 2.07 bits per heavy atom. The fourth-order valence-corrected chi connectivity index (χ4v) is 7.03. The molecule has 4 N–H and O–H groups in total. The molecular formula is C42H79NO12P+. The molecule has 7 atom stereocenters. The van der Waals surface area contributed by atoms with Gasteiger partial charge in [0.2, 0.25) is 0 Å². The molecule has 2 unspecified atom stereocenters. The number of ether oxygens (including phenoxy) is 3. The van der Waals surface area contributed by atoms with E-state index in [1.54, 1.807) is 12.2 Å². The fourth-order valence-electron chi connectivity index (χ4n) is 6.29. The fraction of sp³-hybridized carbons (Fsp3) is 0.857. The number of likely N-dealkylation sites (N-methyl/N-ethyl adjacent to an activating group) is 1. The first-order valence-corrected chi connectivity index (χ1v) is 23.0. The van der Waals surface area contributed by atoms with Gasteiger partial charge in [-0.2, -0.15) is 0 Å². The summed E-state index contributed by atoms with van der Waals surface area (Å²) in [6.07, 6.45) is 21.4. The Hall–Kier alpha value is -1.67. The Morgan fingerprint density at radius 2 is 1.43 bits per heavy atom. The minimum Gasteiger partial charge on any atom is -0.462 e. The van der Waals surface area contributed by atoms with Gasteiger partial charge in [-0.1, -0.05) is 122 Å². The van der Waals surface area contributed by atoms with E-state index in [0.717, 1.165) is 38.5 Å². The summed E-state index contributed by atoms with van der Waals surface area (Å²) in [5.74, 6) is -1.30. The highest BCUT2D eigenvalue weighted by Gasteiger charge is 2.35. The molecule has 0 spiro atoms. The van der Waals surface area contributed by atoms with Gasteiger partial charge in [-0.3, -0.25) is 18.6 Å². The van der Waals surface area contributed by atoms with E-state index in [4.69, 9.17) is 23.3 Å². The van der Waals surface area contributed by atoms with Gasteiger partial charge in [0, 0.05) is 25.2 Å². The normalized spacial score (nSPS) is 21.3. The maximum atomic E-state index is 12.7. The minimum absolute atomic E-state index is 0.0108. The average Bonchev–Trinajstić information content (AvgIpc) is 3.12. The van der Waals surface area contributed by atoms with Crippen LogP contribution in [0.4, 0.5) is 0 Å². The predicted octanol–water partition coefficient (Wildman–Crippen LogP) is 7.68. The molecule has 1 heterocycles. The number of carbonyl (C=O) groups is 2. The number of carbonyl (C=O) groups excluding carboxylic acids is 2. The van der Waals surface area contributed by atoms with Gasteiger partial charge in [0.15, 0.2) is 12.4 Å². The quantitative estimate of drug-likeness (QED) is 0.0164. The molecule has 13 nitrogen and oxygen atoms in total. The first-order chi connectivity index (χ1) is 26.7. The predicted molar refractivity (Wildman–Crippen MR) is 218 cm³/mol. The number of allylic oxidation sites excluding steroid dienone is 2. The lowest BCUT2D eigenvalue weighted by Crippen LogP contribution is -2.43. The molecule has 0 amide bonds. The zero-order chi connectivity index (χ0) is 41.7. The number of aliphatic hydroxyl groups excluding tert-OH is 3. The molecule has 0 aliphatic carbocycles. The molecule has 0 saturated carbocycles. The number of hydrogen-bond donors (Lipinski definition) is 4. The molecule has 0 aromatic rings. The van der Waals surface area contributed by atoms with Crippen molar-refractivity contribution in [1.29, 1.82) is 0 Å². The van der Waals surface area contributed by atoms with Crippen LogP contribution in [0.3, 0.4) is 0 Å².